The molecular formula is C12H22BrNO. The van der Waals surface area contributed by atoms with Crippen LogP contribution in [0.5, 0.6) is 0 Å². The lowest BCUT2D eigenvalue weighted by Gasteiger charge is -2.28. The van der Waals surface area contributed by atoms with Crippen molar-refractivity contribution >= 4 is 21.8 Å². The summed E-state index contributed by atoms with van der Waals surface area (Å²) in [5.41, 5.74) is -0.177. The van der Waals surface area contributed by atoms with Crippen LogP contribution in [0.1, 0.15) is 40.0 Å². The van der Waals surface area contributed by atoms with Crippen LogP contribution in [0.4, 0.5) is 0 Å². The lowest BCUT2D eigenvalue weighted by Crippen LogP contribution is -2.39. The minimum Gasteiger partial charge on any atom is -0.342 e. The number of likely N-dealkylation sites (tertiary alicyclic amines) is 1. The molecule has 1 saturated heterocycles. The van der Waals surface area contributed by atoms with Gasteiger partial charge < -0.3 is 4.90 Å². The minimum absolute atomic E-state index is 0.177. The summed E-state index contributed by atoms with van der Waals surface area (Å²) >= 11 is 3.47. The summed E-state index contributed by atoms with van der Waals surface area (Å²) < 4.78 is 0. The second-order valence-corrected chi connectivity index (χ2v) is 5.91. The molecule has 15 heavy (non-hydrogen) atoms. The third kappa shape index (κ3) is 3.20. The summed E-state index contributed by atoms with van der Waals surface area (Å²) in [4.78, 5) is 14.2. The van der Waals surface area contributed by atoms with E-state index in [0.29, 0.717) is 11.8 Å². The van der Waals surface area contributed by atoms with Crippen molar-refractivity contribution in [3.8, 4) is 0 Å². The number of carbonyl (C=O) groups is 1. The van der Waals surface area contributed by atoms with Gasteiger partial charge in [-0.2, -0.15) is 0 Å². The lowest BCUT2D eigenvalue weighted by atomic mass is 9.88. The van der Waals surface area contributed by atoms with Crippen molar-refractivity contribution < 1.29 is 4.79 Å². The fourth-order valence-corrected chi connectivity index (χ4v) is 2.63. The van der Waals surface area contributed by atoms with Gasteiger partial charge in [0.15, 0.2) is 0 Å². The molecule has 1 rings (SSSR count). The number of amides is 1. The number of hydrogen-bond acceptors (Lipinski definition) is 1. The number of nitrogens with zero attached hydrogens (tertiary/aromatic N) is 1. The molecule has 2 nitrogen and oxygen atoms in total. The zero-order valence-corrected chi connectivity index (χ0v) is 11.6. The molecule has 0 bridgehead atoms. The first-order chi connectivity index (χ1) is 7.01. The summed E-state index contributed by atoms with van der Waals surface area (Å²) in [5, 5.41) is 1.05. The Bertz CT molecular complexity index is 228. The number of rotatable bonds is 4. The maximum atomic E-state index is 12.2. The van der Waals surface area contributed by atoms with Gasteiger partial charge in [-0.25, -0.2) is 0 Å². The Morgan fingerprint density at radius 3 is 2.73 bits per heavy atom. The Morgan fingerprint density at radius 2 is 2.20 bits per heavy atom. The first kappa shape index (κ1) is 13.0. The van der Waals surface area contributed by atoms with E-state index in [2.05, 4.69) is 27.8 Å². The molecule has 0 saturated carbocycles. The van der Waals surface area contributed by atoms with Crippen molar-refractivity contribution in [3.63, 3.8) is 0 Å². The highest BCUT2D eigenvalue weighted by molar-refractivity contribution is 9.09. The summed E-state index contributed by atoms with van der Waals surface area (Å²) in [5.74, 6) is 1.04. The van der Waals surface area contributed by atoms with Gasteiger partial charge in [0, 0.05) is 23.8 Å². The molecule has 1 atom stereocenters. The fraction of sp³-hybridized carbons (Fsp3) is 0.917. The van der Waals surface area contributed by atoms with Crippen LogP contribution >= 0.6 is 15.9 Å². The molecule has 1 fully saturated rings. The first-order valence-corrected chi connectivity index (χ1v) is 6.98. The molecule has 1 aliphatic heterocycles. The van der Waals surface area contributed by atoms with E-state index in [9.17, 15) is 4.79 Å². The van der Waals surface area contributed by atoms with E-state index in [-0.39, 0.29) is 5.41 Å². The van der Waals surface area contributed by atoms with E-state index >= 15 is 0 Å². The van der Waals surface area contributed by atoms with Crippen molar-refractivity contribution in [2.45, 2.75) is 40.0 Å². The molecule has 0 N–H and O–H groups in total. The highest BCUT2D eigenvalue weighted by atomic mass is 79.9. The molecule has 0 aromatic heterocycles. The van der Waals surface area contributed by atoms with Crippen LogP contribution in [0.3, 0.4) is 0 Å². The fourth-order valence-electron chi connectivity index (χ4n) is 1.99. The zero-order chi connectivity index (χ0) is 11.5. The number of alkyl halides is 1. The van der Waals surface area contributed by atoms with E-state index < -0.39 is 0 Å². The van der Waals surface area contributed by atoms with Gasteiger partial charge in [-0.05, 0) is 25.2 Å². The molecule has 0 aromatic rings. The van der Waals surface area contributed by atoms with Crippen LogP contribution in [-0.2, 0) is 4.79 Å². The topological polar surface area (TPSA) is 20.3 Å². The molecule has 3 heteroatoms. The molecule has 1 unspecified atom stereocenters. The predicted molar refractivity (Wildman–Crippen MR) is 67.2 cm³/mol. The van der Waals surface area contributed by atoms with E-state index in [1.165, 1.54) is 12.8 Å². The Labute approximate surface area is 102 Å². The Hall–Kier alpha value is -0.0500. The number of hydrogen-bond donors (Lipinski definition) is 0. The molecule has 0 radical (unpaired) electrons. The predicted octanol–water partition coefficient (Wildman–Crippen LogP) is 3.06. The maximum Gasteiger partial charge on any atom is 0.228 e. The van der Waals surface area contributed by atoms with Gasteiger partial charge in [0.05, 0.1) is 0 Å². The second kappa shape index (κ2) is 5.33. The van der Waals surface area contributed by atoms with Crippen molar-refractivity contribution in [3.05, 3.63) is 0 Å². The van der Waals surface area contributed by atoms with Crippen LogP contribution in [0.15, 0.2) is 0 Å². The standard InChI is InChI=1S/C12H22BrNO/c1-4-12(2,3)11(15)14-8-6-10(9-14)5-7-13/h10H,4-9H2,1-3H3. The minimum atomic E-state index is -0.177. The molecule has 1 aliphatic rings. The summed E-state index contributed by atoms with van der Waals surface area (Å²) in [6.07, 6.45) is 3.29. The average molecular weight is 276 g/mol. The molecule has 0 aromatic carbocycles. The highest BCUT2D eigenvalue weighted by Crippen LogP contribution is 2.28. The monoisotopic (exact) mass is 275 g/mol. The van der Waals surface area contributed by atoms with Crippen LogP contribution in [0.25, 0.3) is 0 Å². The Balaban J connectivity index is 2.50. The zero-order valence-electron chi connectivity index (χ0n) is 10.1. The second-order valence-electron chi connectivity index (χ2n) is 5.12. The largest absolute Gasteiger partial charge is 0.342 e. The van der Waals surface area contributed by atoms with Gasteiger partial charge in [-0.15, -0.1) is 0 Å². The number of halogens is 1. The maximum absolute atomic E-state index is 12.2. The smallest absolute Gasteiger partial charge is 0.228 e. The van der Waals surface area contributed by atoms with Gasteiger partial charge >= 0.3 is 0 Å². The van der Waals surface area contributed by atoms with E-state index in [1.54, 1.807) is 0 Å². The van der Waals surface area contributed by atoms with E-state index in [1.807, 2.05) is 13.8 Å². The van der Waals surface area contributed by atoms with Crippen molar-refractivity contribution in [1.82, 2.24) is 4.90 Å². The Kier molecular flexibility index (Phi) is 4.63. The third-order valence-electron chi connectivity index (χ3n) is 3.55. The Morgan fingerprint density at radius 1 is 1.53 bits per heavy atom. The first-order valence-electron chi connectivity index (χ1n) is 5.86. The molecule has 1 amide bonds. The van der Waals surface area contributed by atoms with Crippen LogP contribution in [-0.4, -0.2) is 29.2 Å². The highest BCUT2D eigenvalue weighted by Gasteiger charge is 2.34. The van der Waals surface area contributed by atoms with Gasteiger partial charge in [-0.1, -0.05) is 36.7 Å². The number of carbonyl (C=O) groups excluding carboxylic acids is 1. The molecule has 0 aliphatic carbocycles. The summed E-state index contributed by atoms with van der Waals surface area (Å²) in [6.45, 7) is 8.11. The van der Waals surface area contributed by atoms with E-state index in [4.69, 9.17) is 0 Å². The van der Waals surface area contributed by atoms with Crippen molar-refractivity contribution in [1.29, 1.82) is 0 Å². The van der Waals surface area contributed by atoms with Gasteiger partial charge in [0.1, 0.15) is 0 Å². The van der Waals surface area contributed by atoms with E-state index in [0.717, 1.165) is 24.8 Å². The average Bonchev–Trinajstić information content (AvgIpc) is 2.66. The molecule has 1 heterocycles. The van der Waals surface area contributed by atoms with Gasteiger partial charge in [-0.3, -0.25) is 4.79 Å². The quantitative estimate of drug-likeness (QED) is 0.723. The van der Waals surface area contributed by atoms with Crippen LogP contribution in [0, 0.1) is 11.3 Å². The summed E-state index contributed by atoms with van der Waals surface area (Å²) in [7, 11) is 0. The van der Waals surface area contributed by atoms with Crippen LogP contribution < -0.4 is 0 Å². The molecule has 88 valence electrons. The van der Waals surface area contributed by atoms with Gasteiger partial charge in [0.2, 0.25) is 5.91 Å². The molecule has 0 spiro atoms. The third-order valence-corrected chi connectivity index (χ3v) is 4.01. The van der Waals surface area contributed by atoms with Crippen molar-refractivity contribution in [2.24, 2.45) is 11.3 Å². The van der Waals surface area contributed by atoms with Gasteiger partial charge in [0.25, 0.3) is 0 Å². The van der Waals surface area contributed by atoms with Crippen LogP contribution in [0.2, 0.25) is 0 Å². The lowest BCUT2D eigenvalue weighted by molar-refractivity contribution is -0.139. The SMILES string of the molecule is CCC(C)(C)C(=O)N1CCC(CCBr)C1. The summed E-state index contributed by atoms with van der Waals surface area (Å²) in [6, 6.07) is 0. The normalized spacial score (nSPS) is 22.1. The van der Waals surface area contributed by atoms with Crippen molar-refractivity contribution in [2.75, 3.05) is 18.4 Å². The molecular weight excluding hydrogens is 254 g/mol.